The van der Waals surface area contributed by atoms with Gasteiger partial charge in [-0.1, -0.05) is 35.9 Å². The molecule has 0 aliphatic carbocycles. The van der Waals surface area contributed by atoms with Gasteiger partial charge >= 0.3 is 6.18 Å². The highest BCUT2D eigenvalue weighted by molar-refractivity contribution is 6.31. The molecule has 0 saturated heterocycles. The molecule has 0 saturated carbocycles. The largest absolute Gasteiger partial charge is 0.417 e. The molecule has 1 aromatic heterocycles. The predicted octanol–water partition coefficient (Wildman–Crippen LogP) is 5.03. The molecular weight excluding hydrogens is 365 g/mol. The van der Waals surface area contributed by atoms with Crippen LogP contribution in [0.15, 0.2) is 36.4 Å². The fourth-order valence-corrected chi connectivity index (χ4v) is 3.83. The summed E-state index contributed by atoms with van der Waals surface area (Å²) in [6, 6.07) is 9.34. The second-order valence-corrected chi connectivity index (χ2v) is 6.68. The zero-order valence-electron chi connectivity index (χ0n) is 13.7. The standard InChI is InChI=1S/C19H14ClF3N2O/c1-10-12-3-2-4-13(17(12)25-8-7-24-18(26)16(10)25)11-5-6-15(20)14(9-11)19(21,22)23/h2-6,9H,7-8H2,1H3,(H,24,26). The van der Waals surface area contributed by atoms with Crippen LogP contribution in [0.5, 0.6) is 0 Å². The lowest BCUT2D eigenvalue weighted by Crippen LogP contribution is -2.35. The van der Waals surface area contributed by atoms with Gasteiger partial charge in [-0.3, -0.25) is 4.79 Å². The maximum atomic E-state index is 13.2. The summed E-state index contributed by atoms with van der Waals surface area (Å²) < 4.78 is 41.6. The minimum atomic E-state index is -4.53. The van der Waals surface area contributed by atoms with Crippen LogP contribution >= 0.6 is 11.6 Å². The van der Waals surface area contributed by atoms with E-state index in [2.05, 4.69) is 5.32 Å². The molecule has 2 aromatic carbocycles. The highest BCUT2D eigenvalue weighted by Gasteiger charge is 2.34. The van der Waals surface area contributed by atoms with Gasteiger partial charge in [-0.15, -0.1) is 0 Å². The summed E-state index contributed by atoms with van der Waals surface area (Å²) in [6.45, 7) is 2.91. The minimum Gasteiger partial charge on any atom is -0.349 e. The number of carbonyl (C=O) groups is 1. The van der Waals surface area contributed by atoms with Gasteiger partial charge in [0.15, 0.2) is 0 Å². The number of rotatable bonds is 1. The number of alkyl halides is 3. The second-order valence-electron chi connectivity index (χ2n) is 6.28. The Morgan fingerprint density at radius 3 is 2.69 bits per heavy atom. The summed E-state index contributed by atoms with van der Waals surface area (Å²) >= 11 is 5.75. The molecular formula is C19H14ClF3N2O. The smallest absolute Gasteiger partial charge is 0.349 e. The van der Waals surface area contributed by atoms with E-state index in [1.807, 2.05) is 17.6 Å². The third kappa shape index (κ3) is 2.48. The Labute approximate surface area is 152 Å². The summed E-state index contributed by atoms with van der Waals surface area (Å²) in [6.07, 6.45) is -4.53. The summed E-state index contributed by atoms with van der Waals surface area (Å²) in [5, 5.41) is 3.34. The van der Waals surface area contributed by atoms with Crippen LogP contribution in [0.3, 0.4) is 0 Å². The molecule has 0 spiro atoms. The Morgan fingerprint density at radius 1 is 1.19 bits per heavy atom. The van der Waals surface area contributed by atoms with Gasteiger partial charge in [-0.2, -0.15) is 13.2 Å². The van der Waals surface area contributed by atoms with Gasteiger partial charge in [0.2, 0.25) is 0 Å². The van der Waals surface area contributed by atoms with Crippen LogP contribution < -0.4 is 5.32 Å². The molecule has 1 amide bonds. The van der Waals surface area contributed by atoms with Gasteiger partial charge in [0, 0.05) is 24.0 Å². The topological polar surface area (TPSA) is 34.0 Å². The Balaban J connectivity index is 2.02. The number of hydrogen-bond acceptors (Lipinski definition) is 1. The van der Waals surface area contributed by atoms with E-state index in [0.717, 1.165) is 22.5 Å². The van der Waals surface area contributed by atoms with Crippen molar-refractivity contribution in [2.24, 2.45) is 0 Å². The van der Waals surface area contributed by atoms with Gasteiger partial charge in [0.05, 0.1) is 16.1 Å². The van der Waals surface area contributed by atoms with Crippen LogP contribution in [-0.4, -0.2) is 17.0 Å². The van der Waals surface area contributed by atoms with Crippen LogP contribution in [0.25, 0.3) is 22.0 Å². The average molecular weight is 379 g/mol. The Bertz CT molecular complexity index is 1050. The minimum absolute atomic E-state index is 0.164. The number of hydrogen-bond donors (Lipinski definition) is 1. The van der Waals surface area contributed by atoms with E-state index in [9.17, 15) is 18.0 Å². The first kappa shape index (κ1) is 17.0. The van der Waals surface area contributed by atoms with Crippen molar-refractivity contribution in [1.82, 2.24) is 9.88 Å². The van der Waals surface area contributed by atoms with Crippen molar-refractivity contribution in [2.45, 2.75) is 19.6 Å². The highest BCUT2D eigenvalue weighted by atomic mass is 35.5. The molecule has 4 rings (SSSR count). The molecule has 0 fully saturated rings. The zero-order chi connectivity index (χ0) is 18.6. The molecule has 7 heteroatoms. The first-order valence-corrected chi connectivity index (χ1v) is 8.44. The van der Waals surface area contributed by atoms with Gasteiger partial charge in [-0.05, 0) is 30.2 Å². The van der Waals surface area contributed by atoms with E-state index in [4.69, 9.17) is 11.6 Å². The summed E-state index contributed by atoms with van der Waals surface area (Å²) in [7, 11) is 0. The third-order valence-electron chi connectivity index (χ3n) is 4.75. The van der Waals surface area contributed by atoms with Crippen LogP contribution in [0.2, 0.25) is 5.02 Å². The normalized spacial score (nSPS) is 14.4. The lowest BCUT2D eigenvalue weighted by atomic mass is 9.99. The average Bonchev–Trinajstić information content (AvgIpc) is 2.89. The van der Waals surface area contributed by atoms with Crippen LogP contribution in [0, 0.1) is 6.92 Å². The van der Waals surface area contributed by atoms with Crippen LogP contribution in [0.4, 0.5) is 13.2 Å². The van der Waals surface area contributed by atoms with Gasteiger partial charge in [-0.25, -0.2) is 0 Å². The number of amides is 1. The van der Waals surface area contributed by atoms with E-state index in [-0.39, 0.29) is 10.9 Å². The Hall–Kier alpha value is -2.47. The molecule has 3 aromatic rings. The number of benzene rings is 2. The molecule has 1 aliphatic heterocycles. The first-order valence-electron chi connectivity index (χ1n) is 8.06. The zero-order valence-corrected chi connectivity index (χ0v) is 14.5. The number of halogens is 4. The van der Waals surface area contributed by atoms with Crippen molar-refractivity contribution in [3.63, 3.8) is 0 Å². The first-order chi connectivity index (χ1) is 12.3. The number of nitrogens with zero attached hydrogens (tertiary/aromatic N) is 1. The molecule has 0 radical (unpaired) electrons. The maximum Gasteiger partial charge on any atom is 0.417 e. The molecule has 26 heavy (non-hydrogen) atoms. The molecule has 1 N–H and O–H groups in total. The van der Waals surface area contributed by atoms with Crippen molar-refractivity contribution in [2.75, 3.05) is 6.54 Å². The fourth-order valence-electron chi connectivity index (χ4n) is 3.60. The van der Waals surface area contributed by atoms with E-state index in [0.29, 0.717) is 29.9 Å². The maximum absolute atomic E-state index is 13.2. The van der Waals surface area contributed by atoms with Crippen molar-refractivity contribution in [3.05, 3.63) is 58.2 Å². The van der Waals surface area contributed by atoms with E-state index < -0.39 is 11.7 Å². The molecule has 0 bridgehead atoms. The van der Waals surface area contributed by atoms with Crippen LogP contribution in [0.1, 0.15) is 21.6 Å². The van der Waals surface area contributed by atoms with Crippen molar-refractivity contribution >= 4 is 28.4 Å². The van der Waals surface area contributed by atoms with Crippen LogP contribution in [-0.2, 0) is 12.7 Å². The van der Waals surface area contributed by atoms with Gasteiger partial charge < -0.3 is 9.88 Å². The van der Waals surface area contributed by atoms with E-state index in [1.165, 1.54) is 6.07 Å². The summed E-state index contributed by atoms with van der Waals surface area (Å²) in [4.78, 5) is 12.3. The van der Waals surface area contributed by atoms with Crippen molar-refractivity contribution in [3.8, 4) is 11.1 Å². The number of aromatic nitrogens is 1. The highest BCUT2D eigenvalue weighted by Crippen LogP contribution is 2.40. The summed E-state index contributed by atoms with van der Waals surface area (Å²) in [5.41, 5.74) is 2.35. The lowest BCUT2D eigenvalue weighted by Gasteiger charge is -2.19. The van der Waals surface area contributed by atoms with E-state index >= 15 is 0 Å². The number of nitrogens with one attached hydrogen (secondary N) is 1. The van der Waals surface area contributed by atoms with Gasteiger partial charge in [0.25, 0.3) is 5.91 Å². The predicted molar refractivity (Wildman–Crippen MR) is 94.5 cm³/mol. The quantitative estimate of drug-likeness (QED) is 0.633. The Kier molecular flexibility index (Phi) is 3.77. The number of aryl methyl sites for hydroxylation is 1. The molecule has 0 atom stereocenters. The molecule has 134 valence electrons. The molecule has 1 aliphatic rings. The van der Waals surface area contributed by atoms with Crippen molar-refractivity contribution < 1.29 is 18.0 Å². The number of fused-ring (bicyclic) bond motifs is 3. The Morgan fingerprint density at radius 2 is 1.96 bits per heavy atom. The monoisotopic (exact) mass is 378 g/mol. The fraction of sp³-hybridized carbons (Fsp3) is 0.211. The SMILES string of the molecule is Cc1c2n(c3c(-c4ccc(Cl)c(C(F)(F)F)c4)cccc13)CCNC2=O. The molecule has 0 unspecified atom stereocenters. The molecule has 2 heterocycles. The lowest BCUT2D eigenvalue weighted by molar-refractivity contribution is -0.137. The number of carbonyl (C=O) groups excluding carboxylic acids is 1. The summed E-state index contributed by atoms with van der Waals surface area (Å²) in [5.74, 6) is -0.164. The number of para-hydroxylation sites is 1. The molecule has 3 nitrogen and oxygen atoms in total. The van der Waals surface area contributed by atoms with Crippen molar-refractivity contribution in [1.29, 1.82) is 0 Å². The van der Waals surface area contributed by atoms with Gasteiger partial charge in [0.1, 0.15) is 5.69 Å². The third-order valence-corrected chi connectivity index (χ3v) is 5.08. The second kappa shape index (κ2) is 5.77. The van der Waals surface area contributed by atoms with E-state index in [1.54, 1.807) is 18.2 Å².